The normalized spacial score (nSPS) is 13.1. The maximum Gasteiger partial charge on any atom is 0.306 e. The number of esters is 2. The highest BCUT2D eigenvalue weighted by Gasteiger charge is 2.17. The molecule has 0 aliphatic carbocycles. The molecule has 5 nitrogen and oxygen atoms in total. The third-order valence-electron chi connectivity index (χ3n) is 11.3. The second-order valence-electron chi connectivity index (χ2n) is 17.7. The van der Waals surface area contributed by atoms with Crippen molar-refractivity contribution in [3.63, 3.8) is 0 Å². The van der Waals surface area contributed by atoms with E-state index >= 15 is 0 Å². The Bertz CT molecular complexity index is 1310. The predicted octanol–water partition coefficient (Wildman–Crippen LogP) is 18.8. The summed E-state index contributed by atoms with van der Waals surface area (Å²) < 4.78 is 17.4. The number of unbranched alkanes of at least 4 members (excludes halogenated alkanes) is 20. The van der Waals surface area contributed by atoms with Gasteiger partial charge in [-0.2, -0.15) is 0 Å². The zero-order valence-electron chi connectivity index (χ0n) is 43.2. The molecule has 0 radical (unpaired) electrons. The number of ether oxygens (including phenoxy) is 3. The topological polar surface area (TPSA) is 61.8 Å². The molecule has 0 fully saturated rings. The molecule has 1 unspecified atom stereocenters. The summed E-state index contributed by atoms with van der Waals surface area (Å²) in [5.74, 6) is -0.444. The fourth-order valence-corrected chi connectivity index (χ4v) is 7.25. The Hall–Kier alpha value is -3.44. The van der Waals surface area contributed by atoms with Crippen LogP contribution in [-0.2, 0) is 23.8 Å². The van der Waals surface area contributed by atoms with Crippen LogP contribution in [0.2, 0.25) is 0 Å². The van der Waals surface area contributed by atoms with Crippen LogP contribution in [0.15, 0.2) is 109 Å². The van der Waals surface area contributed by atoms with Crippen molar-refractivity contribution in [2.45, 2.75) is 245 Å². The molecule has 0 aliphatic rings. The van der Waals surface area contributed by atoms with E-state index in [-0.39, 0.29) is 25.2 Å². The minimum absolute atomic E-state index is 0.0556. The van der Waals surface area contributed by atoms with Crippen LogP contribution >= 0.6 is 0 Å². The molecule has 5 heteroatoms. The van der Waals surface area contributed by atoms with E-state index in [1.54, 1.807) is 0 Å². The summed E-state index contributed by atoms with van der Waals surface area (Å²) in [6, 6.07) is 0. The van der Waals surface area contributed by atoms with Gasteiger partial charge in [-0.25, -0.2) is 0 Å². The van der Waals surface area contributed by atoms with Crippen LogP contribution < -0.4 is 0 Å². The first kappa shape index (κ1) is 62.6. The fourth-order valence-electron chi connectivity index (χ4n) is 7.25. The molecule has 0 spiro atoms. The monoisotopic (exact) mass is 915 g/mol. The Morgan fingerprint density at radius 1 is 0.348 bits per heavy atom. The molecule has 66 heavy (non-hydrogen) atoms. The van der Waals surface area contributed by atoms with Crippen LogP contribution in [0.4, 0.5) is 0 Å². The number of carbonyl (C=O) groups is 2. The van der Waals surface area contributed by atoms with Gasteiger partial charge in [0, 0.05) is 19.4 Å². The van der Waals surface area contributed by atoms with Gasteiger partial charge in [-0.1, -0.05) is 214 Å². The summed E-state index contributed by atoms with van der Waals surface area (Å²) >= 11 is 0. The lowest BCUT2D eigenvalue weighted by Crippen LogP contribution is -2.30. The number of carbonyl (C=O) groups excluding carboxylic acids is 2. The minimum atomic E-state index is -0.570. The zero-order valence-corrected chi connectivity index (χ0v) is 43.2. The van der Waals surface area contributed by atoms with E-state index < -0.39 is 6.10 Å². The molecule has 0 rings (SSSR count). The minimum Gasteiger partial charge on any atom is -0.462 e. The Kier molecular flexibility index (Phi) is 53.0. The van der Waals surface area contributed by atoms with Crippen molar-refractivity contribution in [1.29, 1.82) is 0 Å². The van der Waals surface area contributed by atoms with Crippen LogP contribution in [0.25, 0.3) is 0 Å². The molecule has 0 aromatic heterocycles. The van der Waals surface area contributed by atoms with Gasteiger partial charge in [0.15, 0.2) is 6.10 Å². The summed E-state index contributed by atoms with van der Waals surface area (Å²) in [4.78, 5) is 25.5. The van der Waals surface area contributed by atoms with Gasteiger partial charge in [0.25, 0.3) is 0 Å². The van der Waals surface area contributed by atoms with Gasteiger partial charge in [0.2, 0.25) is 0 Å². The molecule has 0 N–H and O–H groups in total. The van der Waals surface area contributed by atoms with Crippen LogP contribution in [-0.4, -0.2) is 37.9 Å². The first-order valence-electron chi connectivity index (χ1n) is 27.4. The maximum absolute atomic E-state index is 12.8. The van der Waals surface area contributed by atoms with E-state index in [4.69, 9.17) is 14.2 Å². The lowest BCUT2D eigenvalue weighted by atomic mass is 10.1. The average molecular weight is 915 g/mol. The number of hydrogen-bond acceptors (Lipinski definition) is 5. The molecule has 1 atom stereocenters. The second-order valence-corrected chi connectivity index (χ2v) is 17.7. The predicted molar refractivity (Wildman–Crippen MR) is 288 cm³/mol. The molecule has 0 aromatic rings. The number of rotatable bonds is 49. The maximum atomic E-state index is 12.8. The van der Waals surface area contributed by atoms with E-state index in [0.717, 1.165) is 128 Å². The van der Waals surface area contributed by atoms with Crippen molar-refractivity contribution >= 4 is 11.9 Å². The summed E-state index contributed by atoms with van der Waals surface area (Å²) in [5.41, 5.74) is 0. The summed E-state index contributed by atoms with van der Waals surface area (Å²) in [5, 5.41) is 0. The smallest absolute Gasteiger partial charge is 0.306 e. The highest BCUT2D eigenvalue weighted by Crippen LogP contribution is 2.13. The molecule has 0 bridgehead atoms. The van der Waals surface area contributed by atoms with Crippen molar-refractivity contribution in [1.82, 2.24) is 0 Å². The molecule has 0 aliphatic heterocycles. The lowest BCUT2D eigenvalue weighted by molar-refractivity contribution is -0.163. The molecule has 0 amide bonds. The van der Waals surface area contributed by atoms with Crippen LogP contribution in [0, 0.1) is 0 Å². The summed E-state index contributed by atoms with van der Waals surface area (Å²) in [7, 11) is 0. The van der Waals surface area contributed by atoms with E-state index in [2.05, 4.69) is 130 Å². The van der Waals surface area contributed by atoms with Gasteiger partial charge >= 0.3 is 11.9 Å². The van der Waals surface area contributed by atoms with Crippen molar-refractivity contribution in [2.75, 3.05) is 19.8 Å². The van der Waals surface area contributed by atoms with Gasteiger partial charge in [-0.05, 0) is 122 Å². The third-order valence-corrected chi connectivity index (χ3v) is 11.3. The highest BCUT2D eigenvalue weighted by atomic mass is 16.6. The Labute approximate surface area is 408 Å². The standard InChI is InChI=1S/C61H102O5/c1-4-7-10-13-16-19-22-25-28-30-31-32-34-36-39-42-45-48-51-54-60(62)65-58-59(57-64-56-53-50-47-44-41-38-35-29-26-23-20-17-14-11-8-5-2)66-61(63)55-52-49-46-43-40-37-33-27-24-21-18-15-12-9-6-3/h7-8,10-11,16-17,19-20,25-29,31-33,38,41,59H,4-6,9,12-15,18,21-24,30,34-37,39-40,42-58H2,1-3H3/b10-7-,11-8-,19-16-,20-17-,28-25-,29-26-,32-31-,33-27-,41-38-. The first-order chi connectivity index (χ1) is 32.6. The van der Waals surface area contributed by atoms with Crippen molar-refractivity contribution in [2.24, 2.45) is 0 Å². The van der Waals surface area contributed by atoms with Gasteiger partial charge < -0.3 is 14.2 Å². The first-order valence-corrected chi connectivity index (χ1v) is 27.4. The van der Waals surface area contributed by atoms with Gasteiger partial charge in [0.1, 0.15) is 6.61 Å². The zero-order chi connectivity index (χ0) is 47.7. The van der Waals surface area contributed by atoms with Crippen LogP contribution in [0.1, 0.15) is 239 Å². The number of hydrogen-bond donors (Lipinski definition) is 0. The van der Waals surface area contributed by atoms with E-state index in [9.17, 15) is 9.59 Å². The summed E-state index contributed by atoms with van der Waals surface area (Å²) in [6.45, 7) is 7.50. The third kappa shape index (κ3) is 53.2. The molecular formula is C61H102O5. The summed E-state index contributed by atoms with van der Waals surface area (Å²) in [6.07, 6.45) is 76.7. The van der Waals surface area contributed by atoms with Crippen LogP contribution in [0.5, 0.6) is 0 Å². The Morgan fingerprint density at radius 3 is 1.11 bits per heavy atom. The molecular weight excluding hydrogens is 813 g/mol. The lowest BCUT2D eigenvalue weighted by Gasteiger charge is -2.18. The second kappa shape index (κ2) is 55.9. The number of allylic oxidation sites excluding steroid dienone is 18. The molecule has 0 heterocycles. The van der Waals surface area contributed by atoms with E-state index in [1.807, 2.05) is 0 Å². The molecule has 376 valence electrons. The largest absolute Gasteiger partial charge is 0.462 e. The molecule has 0 saturated heterocycles. The SMILES string of the molecule is CC/C=C\C/C=C\C/C=C\C/C=C\CCCCCCCCC(=O)OCC(COCCCCC/C=C\C/C=C\C/C=C\C/C=C\CC)OC(=O)CCCCCCC/C=C\CCCCCCCC. The van der Waals surface area contributed by atoms with Gasteiger partial charge in [-0.3, -0.25) is 9.59 Å². The highest BCUT2D eigenvalue weighted by molar-refractivity contribution is 5.70. The average Bonchev–Trinajstić information content (AvgIpc) is 3.32. The van der Waals surface area contributed by atoms with Crippen molar-refractivity contribution < 1.29 is 23.8 Å². The quantitative estimate of drug-likeness (QED) is 0.0346. The fraction of sp³-hybridized carbons (Fsp3) is 0.672. The molecule has 0 aromatic carbocycles. The van der Waals surface area contributed by atoms with Crippen molar-refractivity contribution in [3.05, 3.63) is 109 Å². The van der Waals surface area contributed by atoms with E-state index in [0.29, 0.717) is 19.4 Å². The van der Waals surface area contributed by atoms with Gasteiger partial charge in [0.05, 0.1) is 6.61 Å². The van der Waals surface area contributed by atoms with E-state index in [1.165, 1.54) is 77.0 Å². The Balaban J connectivity index is 4.38. The molecule has 0 saturated carbocycles. The Morgan fingerprint density at radius 2 is 0.682 bits per heavy atom. The van der Waals surface area contributed by atoms with Crippen LogP contribution in [0.3, 0.4) is 0 Å². The van der Waals surface area contributed by atoms with Gasteiger partial charge in [-0.15, -0.1) is 0 Å². The van der Waals surface area contributed by atoms with Crippen molar-refractivity contribution in [3.8, 4) is 0 Å².